The van der Waals surface area contributed by atoms with Crippen LogP contribution in [0.2, 0.25) is 0 Å². The van der Waals surface area contributed by atoms with Crippen LogP contribution in [0, 0.1) is 5.92 Å². The minimum Gasteiger partial charge on any atom is -0.382 e. The maximum absolute atomic E-state index is 5.31. The largest absolute Gasteiger partial charge is 0.382 e. The van der Waals surface area contributed by atoms with E-state index in [1.54, 1.807) is 21.3 Å². The minimum atomic E-state index is 0.0278. The van der Waals surface area contributed by atoms with E-state index in [0.717, 1.165) is 0 Å². The lowest BCUT2D eigenvalue weighted by Crippen LogP contribution is -2.37. The molecule has 0 aromatic rings. The van der Waals surface area contributed by atoms with Crippen LogP contribution in [0.3, 0.4) is 0 Å². The van der Waals surface area contributed by atoms with Gasteiger partial charge in [0.1, 0.15) is 6.10 Å². The molecule has 0 radical (unpaired) electrons. The van der Waals surface area contributed by atoms with Gasteiger partial charge in [-0.25, -0.2) is 0 Å². The molecule has 0 heterocycles. The highest BCUT2D eigenvalue weighted by Gasteiger charge is 2.23. The predicted octanol–water partition coefficient (Wildman–Crippen LogP) is 1.32. The zero-order chi connectivity index (χ0) is 9.56. The molecule has 3 heteroatoms. The molecule has 74 valence electrons. The minimum absolute atomic E-state index is 0.0278. The highest BCUT2D eigenvalue weighted by Crippen LogP contribution is 2.12. The molecule has 2 unspecified atom stereocenters. The Hall–Kier alpha value is -0.120. The summed E-state index contributed by atoms with van der Waals surface area (Å²) in [4.78, 5) is 0. The first-order valence-corrected chi connectivity index (χ1v) is 4.21. The van der Waals surface area contributed by atoms with E-state index in [4.69, 9.17) is 14.2 Å². The predicted molar refractivity (Wildman–Crippen MR) is 48.3 cm³/mol. The Kier molecular flexibility index (Phi) is 6.34. The lowest BCUT2D eigenvalue weighted by molar-refractivity contribution is -0.0851. The SMILES string of the molecule is COCC(OC)C(OC)C(C)C. The zero-order valence-electron chi connectivity index (χ0n) is 8.66. The van der Waals surface area contributed by atoms with E-state index >= 15 is 0 Å². The third-order valence-corrected chi connectivity index (χ3v) is 1.93. The molecule has 0 fully saturated rings. The van der Waals surface area contributed by atoms with Crippen molar-refractivity contribution in [2.75, 3.05) is 27.9 Å². The standard InChI is InChI=1S/C9H20O3/c1-7(2)9(12-5)8(11-4)6-10-3/h7-9H,6H2,1-5H3. The summed E-state index contributed by atoms with van der Waals surface area (Å²) in [6, 6.07) is 0. The van der Waals surface area contributed by atoms with Gasteiger partial charge in [-0.2, -0.15) is 0 Å². The van der Waals surface area contributed by atoms with E-state index in [0.29, 0.717) is 12.5 Å². The van der Waals surface area contributed by atoms with Gasteiger partial charge in [-0.05, 0) is 5.92 Å². The summed E-state index contributed by atoms with van der Waals surface area (Å²) in [5.41, 5.74) is 0. The molecular formula is C9H20O3. The van der Waals surface area contributed by atoms with Crippen LogP contribution in [0.4, 0.5) is 0 Å². The number of hydrogen-bond donors (Lipinski definition) is 0. The highest BCUT2D eigenvalue weighted by molar-refractivity contribution is 4.72. The first-order chi connectivity index (χ1) is 5.67. The quantitative estimate of drug-likeness (QED) is 0.611. The Morgan fingerprint density at radius 2 is 1.58 bits per heavy atom. The lowest BCUT2D eigenvalue weighted by atomic mass is 10.0. The molecule has 0 saturated heterocycles. The Balaban J connectivity index is 4.02. The summed E-state index contributed by atoms with van der Waals surface area (Å²) in [6.45, 7) is 4.79. The van der Waals surface area contributed by atoms with Crippen LogP contribution in [-0.4, -0.2) is 40.1 Å². The second kappa shape index (κ2) is 6.40. The number of rotatable bonds is 6. The summed E-state index contributed by atoms with van der Waals surface area (Å²) < 4.78 is 15.6. The van der Waals surface area contributed by atoms with E-state index < -0.39 is 0 Å². The van der Waals surface area contributed by atoms with Crippen molar-refractivity contribution in [2.45, 2.75) is 26.1 Å². The summed E-state index contributed by atoms with van der Waals surface area (Å²) in [5.74, 6) is 0.440. The Morgan fingerprint density at radius 1 is 1.00 bits per heavy atom. The van der Waals surface area contributed by atoms with Crippen molar-refractivity contribution >= 4 is 0 Å². The fraction of sp³-hybridized carbons (Fsp3) is 1.00. The monoisotopic (exact) mass is 176 g/mol. The van der Waals surface area contributed by atoms with Gasteiger partial charge in [-0.3, -0.25) is 0 Å². The van der Waals surface area contributed by atoms with Gasteiger partial charge in [0, 0.05) is 21.3 Å². The molecule has 0 aromatic carbocycles. The van der Waals surface area contributed by atoms with Gasteiger partial charge in [0.2, 0.25) is 0 Å². The van der Waals surface area contributed by atoms with Crippen molar-refractivity contribution < 1.29 is 14.2 Å². The molecule has 0 aromatic heterocycles. The molecule has 0 bridgehead atoms. The molecule has 0 aliphatic rings. The van der Waals surface area contributed by atoms with Crippen LogP contribution in [0.15, 0.2) is 0 Å². The molecule has 2 atom stereocenters. The first-order valence-electron chi connectivity index (χ1n) is 4.21. The first kappa shape index (κ1) is 11.9. The second-order valence-corrected chi connectivity index (χ2v) is 3.17. The van der Waals surface area contributed by atoms with Crippen molar-refractivity contribution in [2.24, 2.45) is 5.92 Å². The normalized spacial score (nSPS) is 16.5. The molecule has 12 heavy (non-hydrogen) atoms. The smallest absolute Gasteiger partial charge is 0.107 e. The molecule has 0 amide bonds. The molecule has 0 saturated carbocycles. The van der Waals surface area contributed by atoms with Crippen molar-refractivity contribution in [3.63, 3.8) is 0 Å². The summed E-state index contributed by atoms with van der Waals surface area (Å²) in [7, 11) is 5.05. The molecular weight excluding hydrogens is 156 g/mol. The molecule has 0 aliphatic carbocycles. The molecule has 3 nitrogen and oxygen atoms in total. The van der Waals surface area contributed by atoms with Crippen LogP contribution in [-0.2, 0) is 14.2 Å². The van der Waals surface area contributed by atoms with E-state index in [2.05, 4.69) is 13.8 Å². The van der Waals surface area contributed by atoms with E-state index in [-0.39, 0.29) is 12.2 Å². The van der Waals surface area contributed by atoms with Crippen molar-refractivity contribution in [1.29, 1.82) is 0 Å². The van der Waals surface area contributed by atoms with Crippen LogP contribution in [0.25, 0.3) is 0 Å². The van der Waals surface area contributed by atoms with Crippen molar-refractivity contribution in [3.05, 3.63) is 0 Å². The zero-order valence-corrected chi connectivity index (χ0v) is 8.66. The maximum Gasteiger partial charge on any atom is 0.107 e. The second-order valence-electron chi connectivity index (χ2n) is 3.17. The van der Waals surface area contributed by atoms with Gasteiger partial charge >= 0.3 is 0 Å². The Labute approximate surface area is 75.0 Å². The van der Waals surface area contributed by atoms with Crippen molar-refractivity contribution in [1.82, 2.24) is 0 Å². The van der Waals surface area contributed by atoms with Crippen LogP contribution < -0.4 is 0 Å². The van der Waals surface area contributed by atoms with E-state index in [9.17, 15) is 0 Å². The molecule has 0 aliphatic heterocycles. The number of hydrogen-bond acceptors (Lipinski definition) is 3. The van der Waals surface area contributed by atoms with Crippen LogP contribution in [0.1, 0.15) is 13.8 Å². The number of ether oxygens (including phenoxy) is 3. The average Bonchev–Trinajstić information content (AvgIpc) is 2.03. The lowest BCUT2D eigenvalue weighted by Gasteiger charge is -2.27. The fourth-order valence-electron chi connectivity index (χ4n) is 1.31. The molecule has 0 rings (SSSR count). The third kappa shape index (κ3) is 3.52. The maximum atomic E-state index is 5.31. The van der Waals surface area contributed by atoms with Gasteiger partial charge in [0.05, 0.1) is 12.7 Å². The Morgan fingerprint density at radius 3 is 1.83 bits per heavy atom. The third-order valence-electron chi connectivity index (χ3n) is 1.93. The average molecular weight is 176 g/mol. The fourth-order valence-corrected chi connectivity index (χ4v) is 1.31. The summed E-state index contributed by atoms with van der Waals surface area (Å²) in [5, 5.41) is 0. The molecule has 0 N–H and O–H groups in total. The summed E-state index contributed by atoms with van der Waals surface area (Å²) >= 11 is 0. The summed E-state index contributed by atoms with van der Waals surface area (Å²) in [6.07, 6.45) is 0.134. The van der Waals surface area contributed by atoms with E-state index in [1.807, 2.05) is 0 Å². The molecule has 0 spiro atoms. The van der Waals surface area contributed by atoms with Crippen LogP contribution in [0.5, 0.6) is 0 Å². The van der Waals surface area contributed by atoms with Gasteiger partial charge in [0.25, 0.3) is 0 Å². The number of methoxy groups -OCH3 is 3. The van der Waals surface area contributed by atoms with Gasteiger partial charge in [-0.15, -0.1) is 0 Å². The topological polar surface area (TPSA) is 27.7 Å². The Bertz CT molecular complexity index is 104. The van der Waals surface area contributed by atoms with Gasteiger partial charge < -0.3 is 14.2 Å². The van der Waals surface area contributed by atoms with Gasteiger partial charge in [-0.1, -0.05) is 13.8 Å². The highest BCUT2D eigenvalue weighted by atomic mass is 16.6. The van der Waals surface area contributed by atoms with Crippen molar-refractivity contribution in [3.8, 4) is 0 Å². The van der Waals surface area contributed by atoms with Crippen LogP contribution >= 0.6 is 0 Å². The van der Waals surface area contributed by atoms with E-state index in [1.165, 1.54) is 0 Å². The van der Waals surface area contributed by atoms with Gasteiger partial charge in [0.15, 0.2) is 0 Å².